The molecule has 3 heterocycles. The molecule has 0 N–H and O–H groups in total. The molecular weight excluding hydrogens is 312 g/mol. The maximum absolute atomic E-state index is 12.1. The third kappa shape index (κ3) is 3.60. The van der Waals surface area contributed by atoms with Crippen molar-refractivity contribution in [2.24, 2.45) is 0 Å². The van der Waals surface area contributed by atoms with Gasteiger partial charge in [-0.15, -0.1) is 0 Å². The van der Waals surface area contributed by atoms with Crippen molar-refractivity contribution in [1.29, 1.82) is 0 Å². The van der Waals surface area contributed by atoms with Crippen molar-refractivity contribution in [1.82, 2.24) is 9.88 Å². The number of furan rings is 1. The van der Waals surface area contributed by atoms with Crippen LogP contribution in [0.4, 0.5) is 11.5 Å². The molecule has 0 spiro atoms. The minimum Gasteiger partial charge on any atom is -0.465 e. The maximum atomic E-state index is 12.1. The van der Waals surface area contributed by atoms with E-state index in [0.717, 1.165) is 0 Å². The Bertz CT molecular complexity index is 732. The molecule has 8 nitrogen and oxygen atoms in total. The molecule has 0 aliphatic carbocycles. The molecule has 1 aliphatic heterocycles. The van der Waals surface area contributed by atoms with Gasteiger partial charge >= 0.3 is 0 Å². The first kappa shape index (κ1) is 15.7. The van der Waals surface area contributed by atoms with Gasteiger partial charge in [-0.05, 0) is 24.3 Å². The van der Waals surface area contributed by atoms with Gasteiger partial charge in [-0.3, -0.25) is 14.9 Å². The van der Waals surface area contributed by atoms with Gasteiger partial charge in [-0.1, -0.05) is 0 Å². The van der Waals surface area contributed by atoms with Crippen LogP contribution in [0, 0.1) is 10.1 Å². The summed E-state index contributed by atoms with van der Waals surface area (Å²) >= 11 is 0. The van der Waals surface area contributed by atoms with E-state index < -0.39 is 4.92 Å². The normalized spacial score (nSPS) is 15.0. The van der Waals surface area contributed by atoms with E-state index >= 15 is 0 Å². The third-order valence-electron chi connectivity index (χ3n) is 3.79. The number of piperazine rings is 1. The van der Waals surface area contributed by atoms with Gasteiger partial charge in [0.2, 0.25) is 5.91 Å². The molecule has 1 amide bonds. The van der Waals surface area contributed by atoms with Crippen LogP contribution in [0.3, 0.4) is 0 Å². The Labute approximate surface area is 138 Å². The molecule has 0 unspecified atom stereocenters. The van der Waals surface area contributed by atoms with Gasteiger partial charge < -0.3 is 14.2 Å². The molecule has 24 heavy (non-hydrogen) atoms. The smallest absolute Gasteiger partial charge is 0.287 e. The van der Waals surface area contributed by atoms with Gasteiger partial charge in [0.1, 0.15) is 17.8 Å². The lowest BCUT2D eigenvalue weighted by Gasteiger charge is -2.34. The van der Waals surface area contributed by atoms with Gasteiger partial charge in [0.05, 0.1) is 11.2 Å². The number of pyridine rings is 1. The van der Waals surface area contributed by atoms with E-state index in [1.165, 1.54) is 18.3 Å². The predicted octanol–water partition coefficient (Wildman–Crippen LogP) is 1.94. The van der Waals surface area contributed by atoms with Crippen LogP contribution in [0.15, 0.2) is 47.2 Å². The summed E-state index contributed by atoms with van der Waals surface area (Å²) in [6, 6.07) is 6.61. The number of amides is 1. The Morgan fingerprint density at radius 2 is 2.04 bits per heavy atom. The second-order valence-corrected chi connectivity index (χ2v) is 5.29. The highest BCUT2D eigenvalue weighted by Crippen LogP contribution is 2.17. The second-order valence-electron chi connectivity index (χ2n) is 5.29. The quantitative estimate of drug-likeness (QED) is 0.484. The van der Waals surface area contributed by atoms with Crippen molar-refractivity contribution in [3.05, 3.63) is 58.7 Å². The fraction of sp³-hybridized carbons (Fsp3) is 0.250. The number of aromatic nitrogens is 1. The average molecular weight is 328 g/mol. The van der Waals surface area contributed by atoms with Crippen LogP contribution in [0.1, 0.15) is 5.76 Å². The monoisotopic (exact) mass is 328 g/mol. The van der Waals surface area contributed by atoms with E-state index in [-0.39, 0.29) is 11.6 Å². The zero-order valence-corrected chi connectivity index (χ0v) is 12.9. The Balaban J connectivity index is 1.55. The molecule has 3 rings (SSSR count). The first-order valence-corrected chi connectivity index (χ1v) is 7.49. The van der Waals surface area contributed by atoms with E-state index in [1.54, 1.807) is 35.4 Å². The van der Waals surface area contributed by atoms with Crippen molar-refractivity contribution >= 4 is 23.5 Å². The zero-order chi connectivity index (χ0) is 16.9. The summed E-state index contributed by atoms with van der Waals surface area (Å²) in [5.41, 5.74) is -0.0318. The highest BCUT2D eigenvalue weighted by molar-refractivity contribution is 5.91. The Morgan fingerprint density at radius 3 is 2.62 bits per heavy atom. The van der Waals surface area contributed by atoms with Crippen LogP contribution < -0.4 is 4.90 Å². The van der Waals surface area contributed by atoms with E-state index in [0.29, 0.717) is 37.8 Å². The fourth-order valence-corrected chi connectivity index (χ4v) is 2.47. The van der Waals surface area contributed by atoms with Crippen molar-refractivity contribution < 1.29 is 14.1 Å². The van der Waals surface area contributed by atoms with Crippen molar-refractivity contribution in [3.63, 3.8) is 0 Å². The first-order chi connectivity index (χ1) is 11.6. The van der Waals surface area contributed by atoms with Crippen molar-refractivity contribution in [2.45, 2.75) is 0 Å². The average Bonchev–Trinajstić information content (AvgIpc) is 3.13. The van der Waals surface area contributed by atoms with Gasteiger partial charge in [0.25, 0.3) is 5.69 Å². The summed E-state index contributed by atoms with van der Waals surface area (Å²) in [4.78, 5) is 30.2. The summed E-state index contributed by atoms with van der Waals surface area (Å²) in [6.45, 7) is 2.40. The molecule has 0 bridgehead atoms. The van der Waals surface area contributed by atoms with Gasteiger partial charge in [0, 0.05) is 38.3 Å². The summed E-state index contributed by atoms with van der Waals surface area (Å²) in [5.74, 6) is 1.25. The van der Waals surface area contributed by atoms with E-state index in [4.69, 9.17) is 4.42 Å². The first-order valence-electron chi connectivity index (χ1n) is 7.49. The molecule has 0 radical (unpaired) electrons. The predicted molar refractivity (Wildman–Crippen MR) is 87.4 cm³/mol. The number of carbonyl (C=O) groups is 1. The number of hydrogen-bond acceptors (Lipinski definition) is 6. The molecule has 2 aromatic rings. The molecule has 2 aromatic heterocycles. The highest BCUT2D eigenvalue weighted by Gasteiger charge is 2.21. The van der Waals surface area contributed by atoms with Crippen LogP contribution in [0.2, 0.25) is 0 Å². The Kier molecular flexibility index (Phi) is 4.55. The van der Waals surface area contributed by atoms with Crippen LogP contribution in [-0.4, -0.2) is 46.9 Å². The van der Waals surface area contributed by atoms with E-state index in [1.807, 2.05) is 4.90 Å². The zero-order valence-electron chi connectivity index (χ0n) is 12.9. The number of carbonyl (C=O) groups excluding carboxylic acids is 1. The van der Waals surface area contributed by atoms with Crippen LogP contribution >= 0.6 is 0 Å². The van der Waals surface area contributed by atoms with Crippen molar-refractivity contribution in [2.75, 3.05) is 31.1 Å². The lowest BCUT2D eigenvalue weighted by atomic mass is 10.2. The number of hydrogen-bond donors (Lipinski definition) is 0. The number of nitrogens with zero attached hydrogens (tertiary/aromatic N) is 4. The molecule has 124 valence electrons. The van der Waals surface area contributed by atoms with E-state index in [2.05, 4.69) is 4.98 Å². The lowest BCUT2D eigenvalue weighted by molar-refractivity contribution is -0.385. The van der Waals surface area contributed by atoms with Crippen LogP contribution in [-0.2, 0) is 4.79 Å². The molecule has 8 heteroatoms. The standard InChI is InChI=1S/C16H16N4O4/c21-16(6-4-14-2-1-11-24-14)19-9-7-18(8-10-19)15-5-3-13(12-17-15)20(22)23/h1-6,11-12H,7-10H2/b6-4+. The second kappa shape index (κ2) is 6.95. The lowest BCUT2D eigenvalue weighted by Crippen LogP contribution is -2.48. The minimum absolute atomic E-state index is 0.0318. The molecule has 0 atom stereocenters. The number of rotatable bonds is 4. The Morgan fingerprint density at radius 1 is 1.25 bits per heavy atom. The van der Waals surface area contributed by atoms with Crippen LogP contribution in [0.5, 0.6) is 0 Å². The summed E-state index contributed by atoms with van der Waals surface area (Å²) in [7, 11) is 0. The highest BCUT2D eigenvalue weighted by atomic mass is 16.6. The summed E-state index contributed by atoms with van der Waals surface area (Å²) < 4.78 is 5.15. The largest absolute Gasteiger partial charge is 0.465 e. The Hall–Kier alpha value is -3.16. The summed E-state index contributed by atoms with van der Waals surface area (Å²) in [5, 5.41) is 10.6. The molecule has 1 fully saturated rings. The van der Waals surface area contributed by atoms with E-state index in [9.17, 15) is 14.9 Å². The SMILES string of the molecule is O=C(/C=C/c1ccco1)N1CCN(c2ccc([N+](=O)[O-])cn2)CC1. The van der Waals surface area contributed by atoms with Gasteiger partial charge in [0.15, 0.2) is 0 Å². The molecular formula is C16H16N4O4. The topological polar surface area (TPSA) is 92.7 Å². The molecule has 1 aliphatic rings. The molecule has 0 aromatic carbocycles. The third-order valence-corrected chi connectivity index (χ3v) is 3.79. The van der Waals surface area contributed by atoms with Gasteiger partial charge in [-0.25, -0.2) is 4.98 Å². The number of nitro groups is 1. The number of anilines is 1. The van der Waals surface area contributed by atoms with Crippen LogP contribution in [0.25, 0.3) is 6.08 Å². The fourth-order valence-electron chi connectivity index (χ4n) is 2.47. The molecule has 0 saturated carbocycles. The van der Waals surface area contributed by atoms with Crippen molar-refractivity contribution in [3.8, 4) is 0 Å². The minimum atomic E-state index is -0.473. The summed E-state index contributed by atoms with van der Waals surface area (Å²) in [6.07, 6.45) is 5.95. The maximum Gasteiger partial charge on any atom is 0.287 e. The molecule has 1 saturated heterocycles. The van der Waals surface area contributed by atoms with Gasteiger partial charge in [-0.2, -0.15) is 0 Å².